The van der Waals surface area contributed by atoms with Crippen molar-refractivity contribution in [3.63, 3.8) is 0 Å². The molecule has 0 radical (unpaired) electrons. The van der Waals surface area contributed by atoms with Crippen LogP contribution in [0.2, 0.25) is 0 Å². The van der Waals surface area contributed by atoms with Gasteiger partial charge in [0.15, 0.2) is 0 Å². The van der Waals surface area contributed by atoms with E-state index in [4.69, 9.17) is 0 Å². The van der Waals surface area contributed by atoms with Gasteiger partial charge in [-0.15, -0.1) is 0 Å². The molecule has 1 aliphatic rings. The summed E-state index contributed by atoms with van der Waals surface area (Å²) in [6, 6.07) is 0.109. The summed E-state index contributed by atoms with van der Waals surface area (Å²) in [5, 5.41) is 4.16. The van der Waals surface area contributed by atoms with E-state index in [-0.39, 0.29) is 6.04 Å². The smallest absolute Gasteiger partial charge is 0.149 e. The fourth-order valence-electron chi connectivity index (χ4n) is 2.56. The van der Waals surface area contributed by atoms with Crippen molar-refractivity contribution in [2.45, 2.75) is 44.7 Å². The third-order valence-corrected chi connectivity index (χ3v) is 3.49. The monoisotopic (exact) mass is 235 g/mol. The van der Waals surface area contributed by atoms with E-state index in [0.29, 0.717) is 5.78 Å². The first-order valence-corrected chi connectivity index (χ1v) is 6.37. The Hall–Kier alpha value is -1.16. The Morgan fingerprint density at radius 3 is 3.00 bits per heavy atom. The third-order valence-electron chi connectivity index (χ3n) is 3.49. The first-order chi connectivity index (χ1) is 8.16. The first kappa shape index (κ1) is 12.3. The Morgan fingerprint density at radius 2 is 2.29 bits per heavy atom. The Labute approximate surface area is 103 Å². The van der Waals surface area contributed by atoms with Gasteiger partial charge in [0, 0.05) is 31.8 Å². The second-order valence-corrected chi connectivity index (χ2v) is 5.02. The van der Waals surface area contributed by atoms with Crippen LogP contribution in [0.4, 0.5) is 0 Å². The van der Waals surface area contributed by atoms with E-state index in [2.05, 4.69) is 10.00 Å². The number of likely N-dealkylation sites (N-methyl/N-ethyl adjacent to an activating group) is 1. The number of hydrogen-bond donors (Lipinski definition) is 0. The molecule has 4 nitrogen and oxygen atoms in total. The summed E-state index contributed by atoms with van der Waals surface area (Å²) in [4.78, 5) is 14.2. The van der Waals surface area contributed by atoms with E-state index in [9.17, 15) is 4.79 Å². The zero-order chi connectivity index (χ0) is 12.3. The van der Waals surface area contributed by atoms with Crippen LogP contribution in [0.15, 0.2) is 12.4 Å². The second-order valence-electron chi connectivity index (χ2n) is 5.02. The van der Waals surface area contributed by atoms with Gasteiger partial charge in [-0.3, -0.25) is 14.4 Å². The van der Waals surface area contributed by atoms with Gasteiger partial charge in [0.1, 0.15) is 5.78 Å². The molecule has 1 aliphatic carbocycles. The molecule has 1 unspecified atom stereocenters. The predicted octanol–water partition coefficient (Wildman–Crippen LogP) is 1.75. The maximum Gasteiger partial charge on any atom is 0.149 e. The molecule has 94 valence electrons. The van der Waals surface area contributed by atoms with Gasteiger partial charge in [-0.1, -0.05) is 12.8 Å². The van der Waals surface area contributed by atoms with Crippen LogP contribution in [0.25, 0.3) is 0 Å². The van der Waals surface area contributed by atoms with Crippen LogP contribution in [-0.2, 0) is 18.4 Å². The lowest BCUT2D eigenvalue weighted by Gasteiger charge is -2.25. The molecule has 0 amide bonds. The van der Waals surface area contributed by atoms with Crippen LogP contribution in [0, 0.1) is 0 Å². The minimum absolute atomic E-state index is 0.109. The standard InChI is InChI=1S/C13H21N3O/c1-15(9-11-8-14-16(2)10-11)12-6-4-3-5-7-13(12)17/h8,10,12H,3-7,9H2,1-2H3. The molecule has 1 atom stereocenters. The SMILES string of the molecule is CN(Cc1cnn(C)c1)C1CCCCCC1=O. The third kappa shape index (κ3) is 3.16. The van der Waals surface area contributed by atoms with Crippen molar-refractivity contribution < 1.29 is 4.79 Å². The Kier molecular flexibility index (Phi) is 3.94. The van der Waals surface area contributed by atoms with Gasteiger partial charge in [0.05, 0.1) is 12.2 Å². The lowest BCUT2D eigenvalue weighted by molar-refractivity contribution is -0.123. The van der Waals surface area contributed by atoms with Gasteiger partial charge in [0.25, 0.3) is 0 Å². The number of carbonyl (C=O) groups excluding carboxylic acids is 1. The number of rotatable bonds is 3. The van der Waals surface area contributed by atoms with Gasteiger partial charge in [-0.25, -0.2) is 0 Å². The van der Waals surface area contributed by atoms with Crippen molar-refractivity contribution in [1.29, 1.82) is 0 Å². The number of carbonyl (C=O) groups is 1. The molecule has 0 saturated heterocycles. The molecule has 1 heterocycles. The minimum Gasteiger partial charge on any atom is -0.298 e. The topological polar surface area (TPSA) is 38.1 Å². The van der Waals surface area contributed by atoms with Crippen LogP contribution in [0.3, 0.4) is 0 Å². The van der Waals surface area contributed by atoms with Crippen molar-refractivity contribution in [2.24, 2.45) is 7.05 Å². The number of hydrogen-bond acceptors (Lipinski definition) is 3. The molecule has 0 aliphatic heterocycles. The summed E-state index contributed by atoms with van der Waals surface area (Å²) < 4.78 is 1.80. The van der Waals surface area contributed by atoms with Crippen molar-refractivity contribution in [3.8, 4) is 0 Å². The van der Waals surface area contributed by atoms with Crippen molar-refractivity contribution >= 4 is 5.78 Å². The number of aromatic nitrogens is 2. The molecule has 0 spiro atoms. The summed E-state index contributed by atoms with van der Waals surface area (Å²) in [6.45, 7) is 0.810. The Bertz CT molecular complexity index is 386. The molecule has 0 N–H and O–H groups in total. The number of ketones is 1. The van der Waals surface area contributed by atoms with E-state index >= 15 is 0 Å². The van der Waals surface area contributed by atoms with Gasteiger partial charge in [0.2, 0.25) is 0 Å². The molecule has 0 aromatic carbocycles. The van der Waals surface area contributed by atoms with Crippen molar-refractivity contribution in [2.75, 3.05) is 7.05 Å². The average molecular weight is 235 g/mol. The Morgan fingerprint density at radius 1 is 1.47 bits per heavy atom. The number of Topliss-reactive ketones (excluding diaryl/α,β-unsaturated/α-hetero) is 1. The highest BCUT2D eigenvalue weighted by Crippen LogP contribution is 2.19. The normalized spacial score (nSPS) is 21.8. The maximum atomic E-state index is 12.0. The largest absolute Gasteiger partial charge is 0.298 e. The van der Waals surface area contributed by atoms with Crippen LogP contribution in [0.1, 0.15) is 37.7 Å². The molecular weight excluding hydrogens is 214 g/mol. The van der Waals surface area contributed by atoms with E-state index < -0.39 is 0 Å². The van der Waals surface area contributed by atoms with Gasteiger partial charge < -0.3 is 0 Å². The summed E-state index contributed by atoms with van der Waals surface area (Å²) in [5.41, 5.74) is 1.17. The molecule has 1 aromatic rings. The summed E-state index contributed by atoms with van der Waals surface area (Å²) in [5.74, 6) is 0.411. The highest BCUT2D eigenvalue weighted by molar-refractivity contribution is 5.84. The van der Waals surface area contributed by atoms with E-state index in [1.807, 2.05) is 26.5 Å². The number of aryl methyl sites for hydroxylation is 1. The van der Waals surface area contributed by atoms with Gasteiger partial charge in [-0.2, -0.15) is 5.10 Å². The molecule has 1 saturated carbocycles. The highest BCUT2D eigenvalue weighted by atomic mass is 16.1. The predicted molar refractivity (Wildman–Crippen MR) is 66.6 cm³/mol. The quantitative estimate of drug-likeness (QED) is 0.749. The summed E-state index contributed by atoms with van der Waals surface area (Å²) >= 11 is 0. The van der Waals surface area contributed by atoms with Crippen molar-refractivity contribution in [1.82, 2.24) is 14.7 Å². The zero-order valence-electron chi connectivity index (χ0n) is 10.7. The second kappa shape index (κ2) is 5.45. The lowest BCUT2D eigenvalue weighted by atomic mass is 10.1. The molecule has 1 fully saturated rings. The fraction of sp³-hybridized carbons (Fsp3) is 0.692. The molecule has 17 heavy (non-hydrogen) atoms. The molecule has 4 heteroatoms. The van der Waals surface area contributed by atoms with Crippen LogP contribution < -0.4 is 0 Å². The maximum absolute atomic E-state index is 12.0. The zero-order valence-corrected chi connectivity index (χ0v) is 10.7. The molecular formula is C13H21N3O. The van der Waals surface area contributed by atoms with Gasteiger partial charge in [-0.05, 0) is 19.9 Å². The molecule has 0 bridgehead atoms. The number of nitrogens with zero attached hydrogens (tertiary/aromatic N) is 3. The fourth-order valence-corrected chi connectivity index (χ4v) is 2.56. The minimum atomic E-state index is 0.109. The van der Waals surface area contributed by atoms with Crippen LogP contribution in [-0.4, -0.2) is 33.6 Å². The highest BCUT2D eigenvalue weighted by Gasteiger charge is 2.24. The lowest BCUT2D eigenvalue weighted by Crippen LogP contribution is -2.37. The molecule has 1 aromatic heterocycles. The van der Waals surface area contributed by atoms with E-state index in [1.54, 1.807) is 4.68 Å². The van der Waals surface area contributed by atoms with E-state index in [1.165, 1.54) is 18.4 Å². The van der Waals surface area contributed by atoms with Crippen molar-refractivity contribution in [3.05, 3.63) is 18.0 Å². The first-order valence-electron chi connectivity index (χ1n) is 6.37. The van der Waals surface area contributed by atoms with Gasteiger partial charge >= 0.3 is 0 Å². The summed E-state index contributed by atoms with van der Waals surface area (Å²) in [6.07, 6.45) is 9.08. The summed E-state index contributed by atoms with van der Waals surface area (Å²) in [7, 11) is 3.96. The van der Waals surface area contributed by atoms with E-state index in [0.717, 1.165) is 25.8 Å². The van der Waals surface area contributed by atoms with Crippen LogP contribution in [0.5, 0.6) is 0 Å². The average Bonchev–Trinajstić information content (AvgIpc) is 2.57. The molecule has 2 rings (SSSR count). The van der Waals surface area contributed by atoms with Crippen LogP contribution >= 0.6 is 0 Å². The Balaban J connectivity index is 1.98.